The smallest absolute Gasteiger partial charge is 0.200 e. The molecule has 0 aromatic rings. The van der Waals surface area contributed by atoms with Crippen LogP contribution in [0, 0.1) is 0 Å². The fourth-order valence-corrected chi connectivity index (χ4v) is 0.713. The van der Waals surface area contributed by atoms with Gasteiger partial charge in [-0.1, -0.05) is 0 Å². The molecule has 0 fully saturated rings. The van der Waals surface area contributed by atoms with Gasteiger partial charge in [0.25, 0.3) is 0 Å². The second-order valence-corrected chi connectivity index (χ2v) is 1.79. The third kappa shape index (κ3) is 0.842. The Morgan fingerprint density at radius 3 is 2.88 bits per heavy atom. The van der Waals surface area contributed by atoms with Crippen LogP contribution in [0.25, 0.3) is 0 Å². The summed E-state index contributed by atoms with van der Waals surface area (Å²) in [5, 5.41) is 0. The predicted octanol–water partition coefficient (Wildman–Crippen LogP) is 0.707. The lowest BCUT2D eigenvalue weighted by Crippen LogP contribution is -2.16. The second kappa shape index (κ2) is 2.18. The Labute approximate surface area is 52.1 Å². The van der Waals surface area contributed by atoms with Gasteiger partial charge in [0.05, 0.1) is 12.1 Å². The van der Waals surface area contributed by atoms with Gasteiger partial charge in [0, 0.05) is 6.08 Å². The van der Waals surface area contributed by atoms with E-state index in [0.29, 0.717) is 0 Å². The van der Waals surface area contributed by atoms with Gasteiger partial charge < -0.3 is 4.74 Å². The molecule has 1 heterocycles. The first-order valence-corrected chi connectivity index (χ1v) is 2.80. The Kier molecular flexibility index (Phi) is 1.53. The monoisotopic (exact) mass is 132 g/mol. The van der Waals surface area contributed by atoms with E-state index < -0.39 is 6.10 Å². The van der Waals surface area contributed by atoms with Crippen LogP contribution in [0.1, 0.15) is 0 Å². The molecule has 1 rings (SSSR count). The topological polar surface area (TPSA) is 26.3 Å². The van der Waals surface area contributed by atoms with Gasteiger partial charge in [-0.2, -0.15) is 0 Å². The molecule has 1 unspecified atom stereocenters. The molecule has 0 aliphatic carbocycles. The van der Waals surface area contributed by atoms with E-state index in [1.165, 1.54) is 12.3 Å². The molecule has 1 atom stereocenters. The fourth-order valence-electron chi connectivity index (χ4n) is 0.488. The number of hydrogen-bond acceptors (Lipinski definition) is 2. The van der Waals surface area contributed by atoms with Crippen LogP contribution in [0.15, 0.2) is 12.3 Å². The average Bonchev–Trinajstić information content (AvgIpc) is 2.14. The number of ether oxygens (including phenoxy) is 1. The molecule has 0 aromatic heterocycles. The molecule has 1 aliphatic heterocycles. The molecule has 0 saturated carbocycles. The molecule has 0 bridgehead atoms. The van der Waals surface area contributed by atoms with E-state index in [-0.39, 0.29) is 11.7 Å². The SMILES string of the molecule is O=C1C=COC1CCl. The molecule has 2 nitrogen and oxygen atoms in total. The molecular formula is C5H5ClO2. The van der Waals surface area contributed by atoms with E-state index >= 15 is 0 Å². The molecule has 0 spiro atoms. The van der Waals surface area contributed by atoms with Crippen molar-refractivity contribution in [3.8, 4) is 0 Å². The molecule has 8 heavy (non-hydrogen) atoms. The largest absolute Gasteiger partial charge is 0.488 e. The number of halogens is 1. The summed E-state index contributed by atoms with van der Waals surface area (Å²) in [6.07, 6.45) is 2.33. The van der Waals surface area contributed by atoms with E-state index in [0.717, 1.165) is 0 Å². The first kappa shape index (κ1) is 5.63. The van der Waals surface area contributed by atoms with Crippen LogP contribution in [0.4, 0.5) is 0 Å². The first-order chi connectivity index (χ1) is 3.84. The lowest BCUT2D eigenvalue weighted by Gasteiger charge is -2.00. The van der Waals surface area contributed by atoms with E-state index in [1.807, 2.05) is 0 Å². The summed E-state index contributed by atoms with van der Waals surface area (Å²) in [4.78, 5) is 10.5. The molecule has 0 amide bonds. The number of hydrogen-bond donors (Lipinski definition) is 0. The lowest BCUT2D eigenvalue weighted by atomic mass is 10.3. The number of carbonyl (C=O) groups is 1. The Morgan fingerprint density at radius 1 is 1.88 bits per heavy atom. The highest BCUT2D eigenvalue weighted by Crippen LogP contribution is 2.05. The van der Waals surface area contributed by atoms with Crippen LogP contribution in [-0.4, -0.2) is 17.8 Å². The molecule has 0 N–H and O–H groups in total. The molecule has 44 valence electrons. The van der Waals surface area contributed by atoms with Crippen LogP contribution < -0.4 is 0 Å². The highest BCUT2D eigenvalue weighted by molar-refractivity contribution is 6.20. The number of carbonyl (C=O) groups excluding carboxylic acids is 1. The zero-order chi connectivity index (χ0) is 5.98. The minimum atomic E-state index is -0.420. The van der Waals surface area contributed by atoms with Crippen molar-refractivity contribution in [3.05, 3.63) is 12.3 Å². The molecule has 1 aliphatic rings. The van der Waals surface area contributed by atoms with Gasteiger partial charge in [0.1, 0.15) is 0 Å². The maximum absolute atomic E-state index is 10.5. The van der Waals surface area contributed by atoms with Crippen molar-refractivity contribution < 1.29 is 9.53 Å². The van der Waals surface area contributed by atoms with Crippen molar-refractivity contribution in [2.75, 3.05) is 5.88 Å². The van der Waals surface area contributed by atoms with Crippen molar-refractivity contribution >= 4 is 17.4 Å². The zero-order valence-corrected chi connectivity index (χ0v) is 4.89. The van der Waals surface area contributed by atoms with Gasteiger partial charge in [-0.15, -0.1) is 11.6 Å². The highest BCUT2D eigenvalue weighted by Gasteiger charge is 2.18. The Balaban J connectivity index is 2.51. The van der Waals surface area contributed by atoms with Crippen molar-refractivity contribution in [1.82, 2.24) is 0 Å². The van der Waals surface area contributed by atoms with Gasteiger partial charge in [0.15, 0.2) is 11.9 Å². The number of rotatable bonds is 1. The minimum Gasteiger partial charge on any atom is -0.488 e. The minimum absolute atomic E-state index is 0.0417. The third-order valence-corrected chi connectivity index (χ3v) is 1.21. The van der Waals surface area contributed by atoms with Gasteiger partial charge in [-0.05, 0) is 0 Å². The van der Waals surface area contributed by atoms with Crippen molar-refractivity contribution in [3.63, 3.8) is 0 Å². The van der Waals surface area contributed by atoms with Crippen molar-refractivity contribution in [2.45, 2.75) is 6.10 Å². The van der Waals surface area contributed by atoms with E-state index in [1.54, 1.807) is 0 Å². The van der Waals surface area contributed by atoms with Crippen LogP contribution in [0.2, 0.25) is 0 Å². The second-order valence-electron chi connectivity index (χ2n) is 1.48. The van der Waals surface area contributed by atoms with Crippen molar-refractivity contribution in [1.29, 1.82) is 0 Å². The van der Waals surface area contributed by atoms with Gasteiger partial charge >= 0.3 is 0 Å². The lowest BCUT2D eigenvalue weighted by molar-refractivity contribution is -0.119. The molecule has 0 aromatic carbocycles. The number of ketones is 1. The van der Waals surface area contributed by atoms with Gasteiger partial charge in [-0.25, -0.2) is 0 Å². The summed E-state index contributed by atoms with van der Waals surface area (Å²) in [7, 11) is 0. The highest BCUT2D eigenvalue weighted by atomic mass is 35.5. The first-order valence-electron chi connectivity index (χ1n) is 2.26. The number of alkyl halides is 1. The van der Waals surface area contributed by atoms with E-state index in [9.17, 15) is 4.79 Å². The normalized spacial score (nSPS) is 26.1. The quantitative estimate of drug-likeness (QED) is 0.491. The maximum atomic E-state index is 10.5. The predicted molar refractivity (Wildman–Crippen MR) is 29.7 cm³/mol. The summed E-state index contributed by atoms with van der Waals surface area (Å²) >= 11 is 5.32. The zero-order valence-electron chi connectivity index (χ0n) is 4.13. The average molecular weight is 133 g/mol. The van der Waals surface area contributed by atoms with Crippen molar-refractivity contribution in [2.24, 2.45) is 0 Å². The Morgan fingerprint density at radius 2 is 2.62 bits per heavy atom. The molecular weight excluding hydrogens is 128 g/mol. The molecule has 0 radical (unpaired) electrons. The van der Waals surface area contributed by atoms with Crippen LogP contribution in [0.5, 0.6) is 0 Å². The molecule has 0 saturated heterocycles. The maximum Gasteiger partial charge on any atom is 0.200 e. The summed E-state index contributed by atoms with van der Waals surface area (Å²) in [6, 6.07) is 0. The Bertz CT molecular complexity index is 130. The van der Waals surface area contributed by atoms with Crippen LogP contribution in [0.3, 0.4) is 0 Å². The summed E-state index contributed by atoms with van der Waals surface area (Å²) in [5.74, 6) is 0.200. The summed E-state index contributed by atoms with van der Waals surface area (Å²) < 4.78 is 4.75. The van der Waals surface area contributed by atoms with E-state index in [4.69, 9.17) is 16.3 Å². The standard InChI is InChI=1S/C5H5ClO2/c6-3-5-4(7)1-2-8-5/h1-2,5H,3H2. The fraction of sp³-hybridized carbons (Fsp3) is 0.400. The third-order valence-electron chi connectivity index (χ3n) is 0.933. The van der Waals surface area contributed by atoms with Gasteiger partial charge in [0.2, 0.25) is 0 Å². The summed E-state index contributed by atoms with van der Waals surface area (Å²) in [6.45, 7) is 0. The Hall–Kier alpha value is -0.500. The summed E-state index contributed by atoms with van der Waals surface area (Å²) in [5.41, 5.74) is 0. The van der Waals surface area contributed by atoms with Crippen LogP contribution >= 0.6 is 11.6 Å². The molecule has 3 heteroatoms. The van der Waals surface area contributed by atoms with E-state index in [2.05, 4.69) is 0 Å². The van der Waals surface area contributed by atoms with Gasteiger partial charge in [-0.3, -0.25) is 4.79 Å². The van der Waals surface area contributed by atoms with Crippen LogP contribution in [-0.2, 0) is 9.53 Å².